The highest BCUT2D eigenvalue weighted by Crippen LogP contribution is 2.10. The van der Waals surface area contributed by atoms with E-state index in [4.69, 9.17) is 9.66 Å². The van der Waals surface area contributed by atoms with Crippen LogP contribution in [0.4, 0.5) is 0 Å². The highest BCUT2D eigenvalue weighted by Gasteiger charge is 2.02. The molecule has 2 N–H and O–H groups in total. The Balaban J connectivity index is 0. The molecule has 0 fully saturated rings. The molecule has 0 radical (unpaired) electrons. The highest BCUT2D eigenvalue weighted by atomic mass is 32.2. The quantitative estimate of drug-likeness (QED) is 0.413. The monoisotopic (exact) mass is 324 g/mol. The van der Waals surface area contributed by atoms with Gasteiger partial charge in [0, 0.05) is 6.42 Å². The Morgan fingerprint density at radius 3 is 1.43 bits per heavy atom. The van der Waals surface area contributed by atoms with Crippen LogP contribution in [0.5, 0.6) is 0 Å². The summed E-state index contributed by atoms with van der Waals surface area (Å²) < 4.78 is 29.4. The summed E-state index contributed by atoms with van der Waals surface area (Å²) in [6, 6.07) is 0. The van der Waals surface area contributed by atoms with Crippen molar-refractivity contribution in [1.82, 2.24) is 0 Å². The molecule has 5 nitrogen and oxygen atoms in total. The smallest absolute Gasteiger partial charge is 0.303 e. The molecule has 0 aliphatic heterocycles. The van der Waals surface area contributed by atoms with Crippen molar-refractivity contribution in [1.29, 1.82) is 0 Å². The molecule has 0 amide bonds. The highest BCUT2D eigenvalue weighted by molar-refractivity contribution is 7.85. The van der Waals surface area contributed by atoms with Crippen LogP contribution in [0, 0.1) is 0 Å². The van der Waals surface area contributed by atoms with Crippen molar-refractivity contribution in [3.8, 4) is 0 Å². The standard InChI is InChI=1S/C12H26O3S.C3H6O2/c1-2-3-4-5-6-7-8-9-10-11-12-16(13,14)15;1-2-3(4)5/h2-12H2,1H3,(H,13,14,15);2H2,1H3,(H,4,5). The molecule has 21 heavy (non-hydrogen) atoms. The Bertz CT molecular complexity index is 325. The Labute approximate surface area is 129 Å². The number of carbonyl (C=O) groups is 1. The SMILES string of the molecule is CCC(=O)O.CCCCCCCCCCCCS(=O)(=O)O. The van der Waals surface area contributed by atoms with E-state index in [0.717, 1.165) is 12.8 Å². The maximum Gasteiger partial charge on any atom is 0.303 e. The molecule has 0 aliphatic rings. The van der Waals surface area contributed by atoms with Gasteiger partial charge in [0.05, 0.1) is 5.75 Å². The van der Waals surface area contributed by atoms with E-state index in [1.54, 1.807) is 6.92 Å². The summed E-state index contributed by atoms with van der Waals surface area (Å²) >= 11 is 0. The van der Waals surface area contributed by atoms with Crippen molar-refractivity contribution < 1.29 is 22.9 Å². The molecule has 0 aromatic heterocycles. The second-order valence-corrected chi connectivity index (χ2v) is 6.79. The molecule has 6 heteroatoms. The minimum atomic E-state index is -3.73. The first kappa shape index (κ1) is 22.7. The Morgan fingerprint density at radius 2 is 1.14 bits per heavy atom. The third-order valence-electron chi connectivity index (χ3n) is 3.06. The summed E-state index contributed by atoms with van der Waals surface area (Å²) in [6.07, 6.45) is 11.9. The van der Waals surface area contributed by atoms with Crippen LogP contribution in [-0.2, 0) is 14.9 Å². The van der Waals surface area contributed by atoms with E-state index >= 15 is 0 Å². The van der Waals surface area contributed by atoms with Gasteiger partial charge in [0.1, 0.15) is 0 Å². The summed E-state index contributed by atoms with van der Waals surface area (Å²) in [5, 5.41) is 7.72. The first-order chi connectivity index (χ1) is 9.83. The number of hydrogen-bond donors (Lipinski definition) is 2. The predicted octanol–water partition coefficient (Wildman–Crippen LogP) is 4.28. The van der Waals surface area contributed by atoms with Crippen molar-refractivity contribution in [3.63, 3.8) is 0 Å². The molecule has 0 bridgehead atoms. The number of carboxylic acids is 1. The molecule has 0 aliphatic carbocycles. The van der Waals surface area contributed by atoms with Crippen molar-refractivity contribution >= 4 is 16.1 Å². The molecular formula is C15H32O5S. The molecule has 0 aromatic rings. The summed E-state index contributed by atoms with van der Waals surface area (Å²) in [4.78, 5) is 9.37. The summed E-state index contributed by atoms with van der Waals surface area (Å²) in [7, 11) is -3.73. The maximum absolute atomic E-state index is 10.4. The van der Waals surface area contributed by atoms with E-state index < -0.39 is 16.1 Å². The fourth-order valence-corrected chi connectivity index (χ4v) is 2.34. The number of hydrogen-bond acceptors (Lipinski definition) is 3. The average molecular weight is 324 g/mol. The second kappa shape index (κ2) is 15.8. The number of unbranched alkanes of at least 4 members (excludes halogenated alkanes) is 9. The topological polar surface area (TPSA) is 91.7 Å². The Kier molecular flexibility index (Phi) is 17.0. The molecule has 128 valence electrons. The van der Waals surface area contributed by atoms with Gasteiger partial charge in [-0.15, -0.1) is 0 Å². The van der Waals surface area contributed by atoms with E-state index in [2.05, 4.69) is 6.92 Å². The minimum Gasteiger partial charge on any atom is -0.481 e. The summed E-state index contributed by atoms with van der Waals surface area (Å²) in [5.74, 6) is -0.825. The maximum atomic E-state index is 10.4. The van der Waals surface area contributed by atoms with Crippen LogP contribution in [0.1, 0.15) is 84.5 Å². The number of aliphatic carboxylic acids is 1. The zero-order valence-electron chi connectivity index (χ0n) is 13.5. The molecular weight excluding hydrogens is 292 g/mol. The summed E-state index contributed by atoms with van der Waals surface area (Å²) in [6.45, 7) is 3.82. The van der Waals surface area contributed by atoms with Crippen LogP contribution in [-0.4, -0.2) is 29.8 Å². The third kappa shape index (κ3) is 28.3. The average Bonchev–Trinajstić information content (AvgIpc) is 2.40. The molecule has 0 unspecified atom stereocenters. The number of rotatable bonds is 12. The van der Waals surface area contributed by atoms with Crippen LogP contribution in [0.15, 0.2) is 0 Å². The van der Waals surface area contributed by atoms with Gasteiger partial charge in [-0.2, -0.15) is 8.42 Å². The molecule has 0 spiro atoms. The van der Waals surface area contributed by atoms with E-state index in [1.165, 1.54) is 44.9 Å². The van der Waals surface area contributed by atoms with Gasteiger partial charge in [-0.05, 0) is 6.42 Å². The lowest BCUT2D eigenvalue weighted by molar-refractivity contribution is -0.136. The van der Waals surface area contributed by atoms with Crippen LogP contribution in [0.3, 0.4) is 0 Å². The van der Waals surface area contributed by atoms with Gasteiger partial charge in [0.15, 0.2) is 0 Å². The van der Waals surface area contributed by atoms with Gasteiger partial charge in [-0.1, -0.05) is 71.6 Å². The van der Waals surface area contributed by atoms with Gasteiger partial charge >= 0.3 is 5.97 Å². The first-order valence-electron chi connectivity index (χ1n) is 8.00. The number of carboxylic acid groups (broad SMARTS) is 1. The zero-order valence-corrected chi connectivity index (χ0v) is 14.3. The van der Waals surface area contributed by atoms with Gasteiger partial charge in [0.25, 0.3) is 10.1 Å². The van der Waals surface area contributed by atoms with Crippen LogP contribution in [0.25, 0.3) is 0 Å². The van der Waals surface area contributed by atoms with Gasteiger partial charge < -0.3 is 5.11 Å². The lowest BCUT2D eigenvalue weighted by Gasteiger charge is -2.01. The van der Waals surface area contributed by atoms with Crippen molar-refractivity contribution in [2.45, 2.75) is 84.5 Å². The van der Waals surface area contributed by atoms with Crippen LogP contribution < -0.4 is 0 Å². The van der Waals surface area contributed by atoms with Crippen molar-refractivity contribution in [3.05, 3.63) is 0 Å². The predicted molar refractivity (Wildman–Crippen MR) is 86.2 cm³/mol. The van der Waals surface area contributed by atoms with Crippen LogP contribution in [0.2, 0.25) is 0 Å². The first-order valence-corrected chi connectivity index (χ1v) is 9.61. The van der Waals surface area contributed by atoms with Crippen molar-refractivity contribution in [2.24, 2.45) is 0 Å². The van der Waals surface area contributed by atoms with E-state index in [1.807, 2.05) is 0 Å². The lowest BCUT2D eigenvalue weighted by Crippen LogP contribution is -2.03. The molecule has 0 atom stereocenters. The molecule has 0 aromatic carbocycles. The van der Waals surface area contributed by atoms with E-state index in [9.17, 15) is 13.2 Å². The van der Waals surface area contributed by atoms with Crippen LogP contribution >= 0.6 is 0 Å². The van der Waals surface area contributed by atoms with Gasteiger partial charge in [0.2, 0.25) is 0 Å². The minimum absolute atomic E-state index is 0.0799. The normalized spacial score (nSPS) is 10.8. The van der Waals surface area contributed by atoms with E-state index in [-0.39, 0.29) is 12.2 Å². The zero-order chi connectivity index (χ0) is 16.6. The van der Waals surface area contributed by atoms with Gasteiger partial charge in [-0.3, -0.25) is 9.35 Å². The Morgan fingerprint density at radius 1 is 0.810 bits per heavy atom. The second-order valence-electron chi connectivity index (χ2n) is 5.22. The molecule has 0 rings (SSSR count). The largest absolute Gasteiger partial charge is 0.481 e. The van der Waals surface area contributed by atoms with Gasteiger partial charge in [-0.25, -0.2) is 0 Å². The summed E-state index contributed by atoms with van der Waals surface area (Å²) in [5.41, 5.74) is 0. The fraction of sp³-hybridized carbons (Fsp3) is 0.933. The molecule has 0 saturated heterocycles. The van der Waals surface area contributed by atoms with Crippen molar-refractivity contribution in [2.75, 3.05) is 5.75 Å². The lowest BCUT2D eigenvalue weighted by atomic mass is 10.1. The third-order valence-corrected chi connectivity index (χ3v) is 3.86. The Hall–Kier alpha value is -0.620. The molecule has 0 saturated carbocycles. The molecule has 0 heterocycles. The van der Waals surface area contributed by atoms with E-state index in [0.29, 0.717) is 6.42 Å². The fourth-order valence-electron chi connectivity index (χ4n) is 1.77.